The summed E-state index contributed by atoms with van der Waals surface area (Å²) in [6.07, 6.45) is 2.04. The van der Waals surface area contributed by atoms with E-state index >= 15 is 0 Å². The third kappa shape index (κ3) is 2.93. The molecule has 1 heterocycles. The molecule has 1 N–H and O–H groups in total. The molecule has 21 heavy (non-hydrogen) atoms. The maximum atomic E-state index is 11.3. The topological polar surface area (TPSA) is 34.0 Å². The molecule has 0 aliphatic heterocycles. The van der Waals surface area contributed by atoms with E-state index in [1.807, 2.05) is 30.5 Å². The van der Waals surface area contributed by atoms with Gasteiger partial charge in [-0.05, 0) is 41.3 Å². The van der Waals surface area contributed by atoms with Gasteiger partial charge < -0.3 is 9.88 Å². The average molecular weight is 299 g/mol. The third-order valence-corrected chi connectivity index (χ3v) is 3.63. The Morgan fingerprint density at radius 2 is 2.00 bits per heavy atom. The summed E-state index contributed by atoms with van der Waals surface area (Å²) in [5, 5.41) is 4.71. The number of para-hydroxylation sites is 1. The molecule has 0 spiro atoms. The van der Waals surface area contributed by atoms with Crippen molar-refractivity contribution in [3.63, 3.8) is 0 Å². The molecule has 1 amide bonds. The molecular formula is C17H15ClN2O. The quantitative estimate of drug-likeness (QED) is 0.768. The van der Waals surface area contributed by atoms with Crippen LogP contribution in [0.5, 0.6) is 0 Å². The van der Waals surface area contributed by atoms with Crippen molar-refractivity contribution in [2.45, 2.75) is 13.5 Å². The molecule has 0 unspecified atom stereocenters. The number of hydrogen-bond donors (Lipinski definition) is 1. The smallest absolute Gasteiger partial charge is 0.221 e. The van der Waals surface area contributed by atoms with Gasteiger partial charge in [-0.25, -0.2) is 0 Å². The Morgan fingerprint density at radius 3 is 2.81 bits per heavy atom. The molecule has 0 aliphatic carbocycles. The number of carbonyl (C=O) groups is 1. The minimum absolute atomic E-state index is 0.0871. The Hall–Kier alpha value is -2.26. The van der Waals surface area contributed by atoms with Crippen molar-refractivity contribution < 1.29 is 4.79 Å². The summed E-state index contributed by atoms with van der Waals surface area (Å²) in [7, 11) is 0. The second-order valence-electron chi connectivity index (χ2n) is 4.99. The zero-order valence-electron chi connectivity index (χ0n) is 11.6. The van der Waals surface area contributed by atoms with Gasteiger partial charge in [0, 0.05) is 35.9 Å². The summed E-state index contributed by atoms with van der Waals surface area (Å²) in [5.74, 6) is -0.0871. The molecule has 106 valence electrons. The lowest BCUT2D eigenvalue weighted by atomic mass is 10.1. The summed E-state index contributed by atoms with van der Waals surface area (Å²) in [6, 6.07) is 15.8. The standard InChI is InChI=1S/C17H15ClN2O/c1-12(21)19-16-7-6-15(18)10-14(16)11-20-9-8-13-4-2-3-5-17(13)20/h2-10H,11H2,1H3,(H,19,21). The van der Waals surface area contributed by atoms with Gasteiger partial charge in [-0.1, -0.05) is 29.8 Å². The number of hydrogen-bond acceptors (Lipinski definition) is 1. The molecule has 0 aliphatic rings. The van der Waals surface area contributed by atoms with Crippen LogP contribution < -0.4 is 5.32 Å². The SMILES string of the molecule is CC(=O)Nc1ccc(Cl)cc1Cn1ccc2ccccc21. The predicted molar refractivity (Wildman–Crippen MR) is 86.8 cm³/mol. The van der Waals surface area contributed by atoms with Crippen LogP contribution in [0, 0.1) is 0 Å². The first-order valence-corrected chi connectivity index (χ1v) is 7.11. The first kappa shape index (κ1) is 13.7. The monoisotopic (exact) mass is 298 g/mol. The molecule has 1 aromatic heterocycles. The van der Waals surface area contributed by atoms with E-state index in [0.717, 1.165) is 16.8 Å². The second-order valence-corrected chi connectivity index (χ2v) is 5.42. The molecule has 2 aromatic carbocycles. The van der Waals surface area contributed by atoms with Gasteiger partial charge in [-0.15, -0.1) is 0 Å². The van der Waals surface area contributed by atoms with Crippen LogP contribution in [-0.4, -0.2) is 10.5 Å². The Balaban J connectivity index is 2.00. The minimum atomic E-state index is -0.0871. The van der Waals surface area contributed by atoms with Crippen molar-refractivity contribution in [3.8, 4) is 0 Å². The number of fused-ring (bicyclic) bond motifs is 1. The average Bonchev–Trinajstić information content (AvgIpc) is 2.85. The fraction of sp³-hybridized carbons (Fsp3) is 0.118. The van der Waals surface area contributed by atoms with Crippen LogP contribution in [0.3, 0.4) is 0 Å². The van der Waals surface area contributed by atoms with Gasteiger partial charge in [-0.3, -0.25) is 4.79 Å². The minimum Gasteiger partial charge on any atom is -0.343 e. The van der Waals surface area contributed by atoms with Crippen LogP contribution in [0.4, 0.5) is 5.69 Å². The molecule has 0 fully saturated rings. The molecule has 0 saturated carbocycles. The molecule has 0 saturated heterocycles. The van der Waals surface area contributed by atoms with Crippen LogP contribution in [0.25, 0.3) is 10.9 Å². The number of aromatic nitrogens is 1. The molecule has 3 rings (SSSR count). The maximum absolute atomic E-state index is 11.3. The molecule has 3 aromatic rings. The van der Waals surface area contributed by atoms with E-state index in [9.17, 15) is 4.79 Å². The van der Waals surface area contributed by atoms with Crippen molar-refractivity contribution >= 4 is 34.1 Å². The lowest BCUT2D eigenvalue weighted by Crippen LogP contribution is -2.09. The largest absolute Gasteiger partial charge is 0.343 e. The number of rotatable bonds is 3. The molecule has 4 heteroatoms. The Labute approximate surface area is 128 Å². The number of halogens is 1. The highest BCUT2D eigenvalue weighted by atomic mass is 35.5. The first-order chi connectivity index (χ1) is 10.1. The first-order valence-electron chi connectivity index (χ1n) is 6.73. The van der Waals surface area contributed by atoms with Gasteiger partial charge in [0.15, 0.2) is 0 Å². The van der Waals surface area contributed by atoms with Crippen LogP contribution in [0.15, 0.2) is 54.7 Å². The summed E-state index contributed by atoms with van der Waals surface area (Å²) >= 11 is 6.09. The number of amides is 1. The van der Waals surface area contributed by atoms with Crippen LogP contribution >= 0.6 is 11.6 Å². The Kier molecular flexibility index (Phi) is 3.67. The zero-order valence-corrected chi connectivity index (χ0v) is 12.4. The fourth-order valence-corrected chi connectivity index (χ4v) is 2.66. The van der Waals surface area contributed by atoms with Crippen LogP contribution in [0.2, 0.25) is 5.02 Å². The van der Waals surface area contributed by atoms with Crippen molar-refractivity contribution in [3.05, 3.63) is 65.3 Å². The van der Waals surface area contributed by atoms with E-state index < -0.39 is 0 Å². The van der Waals surface area contributed by atoms with E-state index in [0.29, 0.717) is 11.6 Å². The van der Waals surface area contributed by atoms with E-state index in [2.05, 4.69) is 28.1 Å². The zero-order chi connectivity index (χ0) is 14.8. The molecule has 3 nitrogen and oxygen atoms in total. The van der Waals surface area contributed by atoms with Crippen LogP contribution in [-0.2, 0) is 11.3 Å². The highest BCUT2D eigenvalue weighted by Gasteiger charge is 2.07. The fourth-order valence-electron chi connectivity index (χ4n) is 2.47. The number of benzene rings is 2. The molecule has 0 atom stereocenters. The van der Waals surface area contributed by atoms with Gasteiger partial charge in [0.2, 0.25) is 5.91 Å². The van der Waals surface area contributed by atoms with Crippen molar-refractivity contribution in [2.24, 2.45) is 0 Å². The Bertz CT molecular complexity index is 807. The number of nitrogens with one attached hydrogen (secondary N) is 1. The predicted octanol–water partition coefficient (Wildman–Crippen LogP) is 4.30. The van der Waals surface area contributed by atoms with E-state index in [1.54, 1.807) is 6.07 Å². The van der Waals surface area contributed by atoms with Crippen molar-refractivity contribution in [2.75, 3.05) is 5.32 Å². The van der Waals surface area contributed by atoms with Gasteiger partial charge in [0.05, 0.1) is 0 Å². The lowest BCUT2D eigenvalue weighted by molar-refractivity contribution is -0.114. The van der Waals surface area contributed by atoms with Gasteiger partial charge in [0.1, 0.15) is 0 Å². The van der Waals surface area contributed by atoms with Gasteiger partial charge in [0.25, 0.3) is 0 Å². The summed E-state index contributed by atoms with van der Waals surface area (Å²) in [4.78, 5) is 11.3. The second kappa shape index (κ2) is 5.62. The molecule has 0 bridgehead atoms. The molecular weight excluding hydrogens is 284 g/mol. The van der Waals surface area contributed by atoms with E-state index in [4.69, 9.17) is 11.6 Å². The summed E-state index contributed by atoms with van der Waals surface area (Å²) < 4.78 is 2.15. The number of nitrogens with zero attached hydrogens (tertiary/aromatic N) is 1. The highest BCUT2D eigenvalue weighted by molar-refractivity contribution is 6.30. The summed E-state index contributed by atoms with van der Waals surface area (Å²) in [5.41, 5.74) is 2.94. The third-order valence-electron chi connectivity index (χ3n) is 3.40. The lowest BCUT2D eigenvalue weighted by Gasteiger charge is -2.12. The maximum Gasteiger partial charge on any atom is 0.221 e. The Morgan fingerprint density at radius 1 is 1.19 bits per heavy atom. The summed E-state index contributed by atoms with van der Waals surface area (Å²) in [6.45, 7) is 2.16. The normalized spacial score (nSPS) is 10.8. The van der Waals surface area contributed by atoms with E-state index in [-0.39, 0.29) is 5.91 Å². The van der Waals surface area contributed by atoms with Crippen molar-refractivity contribution in [1.82, 2.24) is 4.57 Å². The van der Waals surface area contributed by atoms with Gasteiger partial charge in [-0.2, -0.15) is 0 Å². The number of anilines is 1. The van der Waals surface area contributed by atoms with Crippen LogP contribution in [0.1, 0.15) is 12.5 Å². The number of carbonyl (C=O) groups excluding carboxylic acids is 1. The van der Waals surface area contributed by atoms with Gasteiger partial charge >= 0.3 is 0 Å². The highest BCUT2D eigenvalue weighted by Crippen LogP contribution is 2.24. The van der Waals surface area contributed by atoms with E-state index in [1.165, 1.54) is 12.3 Å². The van der Waals surface area contributed by atoms with Crippen molar-refractivity contribution in [1.29, 1.82) is 0 Å². The molecule has 0 radical (unpaired) electrons.